The van der Waals surface area contributed by atoms with Gasteiger partial charge >= 0.3 is 0 Å². The number of nitrogens with two attached hydrogens (primary N) is 2. The van der Waals surface area contributed by atoms with E-state index >= 15 is 0 Å². The second kappa shape index (κ2) is 6.51. The van der Waals surface area contributed by atoms with Gasteiger partial charge in [-0.2, -0.15) is 0 Å². The van der Waals surface area contributed by atoms with Crippen LogP contribution in [0.4, 0.5) is 8.78 Å². The molecule has 0 aliphatic rings. The first kappa shape index (κ1) is 12.0. The number of hydrogen-bond acceptors (Lipinski definition) is 2. The SMILES string of the molecule is C=CC(F)=CC(F)=CCC(N)CN. The Bertz CT molecular complexity index is 222. The third-order valence-electron chi connectivity index (χ3n) is 1.39. The molecule has 1 unspecified atom stereocenters. The van der Waals surface area contributed by atoms with Crippen LogP contribution in [0.15, 0.2) is 36.5 Å². The van der Waals surface area contributed by atoms with Crippen molar-refractivity contribution in [2.45, 2.75) is 12.5 Å². The van der Waals surface area contributed by atoms with Crippen molar-refractivity contribution in [3.05, 3.63) is 36.5 Å². The van der Waals surface area contributed by atoms with Gasteiger partial charge in [-0.25, -0.2) is 8.78 Å². The lowest BCUT2D eigenvalue weighted by atomic mass is 10.2. The molecule has 4 heteroatoms. The molecule has 0 bridgehead atoms. The van der Waals surface area contributed by atoms with Crippen LogP contribution in [0, 0.1) is 0 Å². The van der Waals surface area contributed by atoms with Gasteiger partial charge in [0.2, 0.25) is 0 Å². The Morgan fingerprint density at radius 3 is 2.46 bits per heavy atom. The molecule has 1 atom stereocenters. The first-order valence-electron chi connectivity index (χ1n) is 3.91. The van der Waals surface area contributed by atoms with Crippen LogP contribution in [0.2, 0.25) is 0 Å². The first-order valence-corrected chi connectivity index (χ1v) is 3.91. The fourth-order valence-corrected chi connectivity index (χ4v) is 0.610. The van der Waals surface area contributed by atoms with E-state index in [0.717, 1.165) is 12.2 Å². The Hall–Kier alpha value is -1.00. The summed E-state index contributed by atoms with van der Waals surface area (Å²) in [7, 11) is 0. The van der Waals surface area contributed by atoms with Crippen LogP contribution < -0.4 is 11.5 Å². The Morgan fingerprint density at radius 2 is 2.00 bits per heavy atom. The van der Waals surface area contributed by atoms with Crippen LogP contribution in [-0.2, 0) is 0 Å². The smallest absolute Gasteiger partial charge is 0.125 e. The molecule has 0 amide bonds. The summed E-state index contributed by atoms with van der Waals surface area (Å²) < 4.78 is 25.1. The molecule has 0 aliphatic heterocycles. The summed E-state index contributed by atoms with van der Waals surface area (Å²) in [6.45, 7) is 3.42. The van der Waals surface area contributed by atoms with Gasteiger partial charge in [-0.3, -0.25) is 0 Å². The Kier molecular flexibility index (Phi) is 6.01. The standard InChI is InChI=1S/C9H14F2N2/c1-2-7(10)5-8(11)3-4-9(13)6-12/h2-3,5,9H,1,4,6,12-13H2. The molecule has 0 aromatic carbocycles. The molecule has 74 valence electrons. The van der Waals surface area contributed by atoms with Crippen molar-refractivity contribution in [3.8, 4) is 0 Å². The third-order valence-corrected chi connectivity index (χ3v) is 1.39. The zero-order valence-electron chi connectivity index (χ0n) is 7.34. The highest BCUT2D eigenvalue weighted by Crippen LogP contribution is 2.07. The predicted octanol–water partition coefficient (Wildman–Crippen LogP) is 1.56. The van der Waals surface area contributed by atoms with Gasteiger partial charge in [-0.05, 0) is 18.6 Å². The maximum atomic E-state index is 12.7. The van der Waals surface area contributed by atoms with E-state index in [2.05, 4.69) is 6.58 Å². The van der Waals surface area contributed by atoms with Crippen molar-refractivity contribution in [1.82, 2.24) is 0 Å². The van der Waals surface area contributed by atoms with E-state index in [1.165, 1.54) is 6.08 Å². The molecule has 0 aromatic rings. The monoisotopic (exact) mass is 188 g/mol. The Morgan fingerprint density at radius 1 is 1.38 bits per heavy atom. The van der Waals surface area contributed by atoms with Gasteiger partial charge in [0.15, 0.2) is 0 Å². The molecule has 0 heterocycles. The predicted molar refractivity (Wildman–Crippen MR) is 50.2 cm³/mol. The molecule has 13 heavy (non-hydrogen) atoms. The number of allylic oxidation sites excluding steroid dienone is 4. The summed E-state index contributed by atoms with van der Waals surface area (Å²) in [6, 6.07) is -0.286. The second-order valence-electron chi connectivity index (χ2n) is 2.55. The molecular weight excluding hydrogens is 174 g/mol. The van der Waals surface area contributed by atoms with Crippen molar-refractivity contribution < 1.29 is 8.78 Å². The summed E-state index contributed by atoms with van der Waals surface area (Å²) in [5.74, 6) is -1.38. The Balaban J connectivity index is 4.10. The van der Waals surface area contributed by atoms with Crippen LogP contribution in [0.3, 0.4) is 0 Å². The Labute approximate surface area is 76.6 Å². The van der Waals surface area contributed by atoms with Crippen molar-refractivity contribution in [1.29, 1.82) is 0 Å². The summed E-state index contributed by atoms with van der Waals surface area (Å²) in [5, 5.41) is 0. The van der Waals surface area contributed by atoms with Crippen molar-refractivity contribution >= 4 is 0 Å². The minimum Gasteiger partial charge on any atom is -0.329 e. The van der Waals surface area contributed by atoms with E-state index in [1.54, 1.807) is 0 Å². The van der Waals surface area contributed by atoms with E-state index in [9.17, 15) is 8.78 Å². The average molecular weight is 188 g/mol. The van der Waals surface area contributed by atoms with Gasteiger partial charge in [0.05, 0.1) is 0 Å². The minimum absolute atomic E-state index is 0.275. The lowest BCUT2D eigenvalue weighted by Gasteiger charge is -2.02. The summed E-state index contributed by atoms with van der Waals surface area (Å²) >= 11 is 0. The molecule has 0 spiro atoms. The molecule has 0 radical (unpaired) electrons. The molecule has 0 aromatic heterocycles. The van der Waals surface area contributed by atoms with Crippen LogP contribution >= 0.6 is 0 Å². The summed E-state index contributed by atoms with van der Waals surface area (Å²) in [5.41, 5.74) is 10.6. The number of rotatable bonds is 5. The molecule has 0 aliphatic carbocycles. The fourth-order valence-electron chi connectivity index (χ4n) is 0.610. The lowest BCUT2D eigenvalue weighted by molar-refractivity contribution is 0.617. The van der Waals surface area contributed by atoms with Crippen molar-refractivity contribution in [3.63, 3.8) is 0 Å². The van der Waals surface area contributed by atoms with Gasteiger partial charge in [0, 0.05) is 18.7 Å². The van der Waals surface area contributed by atoms with E-state index in [4.69, 9.17) is 11.5 Å². The quantitative estimate of drug-likeness (QED) is 0.643. The normalized spacial score (nSPS) is 15.7. The second-order valence-corrected chi connectivity index (χ2v) is 2.55. The van der Waals surface area contributed by atoms with Gasteiger partial charge in [0.25, 0.3) is 0 Å². The molecule has 0 saturated heterocycles. The van der Waals surface area contributed by atoms with Crippen molar-refractivity contribution in [2.75, 3.05) is 6.54 Å². The largest absolute Gasteiger partial charge is 0.329 e. The van der Waals surface area contributed by atoms with Crippen LogP contribution in [0.1, 0.15) is 6.42 Å². The van der Waals surface area contributed by atoms with E-state index in [1.807, 2.05) is 0 Å². The number of hydrogen-bond donors (Lipinski definition) is 2. The van der Waals surface area contributed by atoms with Crippen molar-refractivity contribution in [2.24, 2.45) is 11.5 Å². The average Bonchev–Trinajstić information content (AvgIpc) is 2.13. The zero-order chi connectivity index (χ0) is 10.3. The van der Waals surface area contributed by atoms with Gasteiger partial charge < -0.3 is 11.5 Å². The van der Waals surface area contributed by atoms with E-state index in [0.29, 0.717) is 6.42 Å². The lowest BCUT2D eigenvalue weighted by Crippen LogP contribution is -2.28. The maximum Gasteiger partial charge on any atom is 0.125 e. The van der Waals surface area contributed by atoms with Gasteiger partial charge in [-0.15, -0.1) is 0 Å². The molecule has 0 rings (SSSR count). The summed E-state index contributed by atoms with van der Waals surface area (Å²) in [4.78, 5) is 0. The zero-order valence-corrected chi connectivity index (χ0v) is 7.34. The molecule has 4 N–H and O–H groups in total. The van der Waals surface area contributed by atoms with E-state index < -0.39 is 11.7 Å². The first-order chi connectivity index (χ1) is 6.10. The fraction of sp³-hybridized carbons (Fsp3) is 0.333. The molecule has 0 fully saturated rings. The van der Waals surface area contributed by atoms with Gasteiger partial charge in [-0.1, -0.05) is 6.58 Å². The third kappa shape index (κ3) is 6.19. The molecule has 2 nitrogen and oxygen atoms in total. The van der Waals surface area contributed by atoms with E-state index in [-0.39, 0.29) is 12.6 Å². The molecular formula is C9H14F2N2. The summed E-state index contributed by atoms with van der Waals surface area (Å²) in [6.07, 6.45) is 3.16. The maximum absolute atomic E-state index is 12.7. The van der Waals surface area contributed by atoms with Crippen LogP contribution in [0.5, 0.6) is 0 Å². The van der Waals surface area contributed by atoms with Crippen LogP contribution in [-0.4, -0.2) is 12.6 Å². The minimum atomic E-state index is -0.713. The number of halogens is 2. The highest BCUT2D eigenvalue weighted by atomic mass is 19.1. The highest BCUT2D eigenvalue weighted by molar-refractivity contribution is 5.20. The molecule has 0 saturated carbocycles. The van der Waals surface area contributed by atoms with Crippen LogP contribution in [0.25, 0.3) is 0 Å². The highest BCUT2D eigenvalue weighted by Gasteiger charge is 1.97. The van der Waals surface area contributed by atoms with Gasteiger partial charge in [0.1, 0.15) is 11.7 Å². The topological polar surface area (TPSA) is 52.0 Å².